The predicted octanol–water partition coefficient (Wildman–Crippen LogP) is 6.31. The van der Waals surface area contributed by atoms with Gasteiger partial charge in [0.2, 0.25) is 5.91 Å². The summed E-state index contributed by atoms with van der Waals surface area (Å²) in [4.78, 5) is 20.4. The number of carbonyl (C=O) groups is 1. The number of aromatic amines is 1. The summed E-state index contributed by atoms with van der Waals surface area (Å²) in [6.07, 6.45) is 12.2. The molecule has 206 valence electrons. The van der Waals surface area contributed by atoms with Crippen molar-refractivity contribution in [2.45, 2.75) is 82.3 Å². The van der Waals surface area contributed by atoms with Gasteiger partial charge in [-0.05, 0) is 69.5 Å². The average molecular weight is 527 g/mol. The van der Waals surface area contributed by atoms with E-state index in [2.05, 4.69) is 64.0 Å². The summed E-state index contributed by atoms with van der Waals surface area (Å²) in [6.45, 7) is 5.80. The Kier molecular flexibility index (Phi) is 7.50. The molecule has 3 N–H and O–H groups in total. The maximum absolute atomic E-state index is 14.4. The smallest absolute Gasteiger partial charge is 0.240 e. The Balaban J connectivity index is 1.27. The number of nitrogens with one attached hydrogen (secondary N) is 3. The van der Waals surface area contributed by atoms with Crippen molar-refractivity contribution in [3.63, 3.8) is 0 Å². The van der Waals surface area contributed by atoms with Crippen LogP contribution in [0.1, 0.15) is 69.6 Å². The van der Waals surface area contributed by atoms with Gasteiger partial charge < -0.3 is 19.6 Å². The lowest BCUT2D eigenvalue weighted by molar-refractivity contribution is -0.130. The molecule has 39 heavy (non-hydrogen) atoms. The fourth-order valence-electron chi connectivity index (χ4n) is 6.76. The van der Waals surface area contributed by atoms with Crippen LogP contribution in [0.25, 0.3) is 21.9 Å². The predicted molar refractivity (Wildman–Crippen MR) is 158 cm³/mol. The molecular formula is C33H42N4O2. The Hall–Kier alpha value is -3.09. The summed E-state index contributed by atoms with van der Waals surface area (Å²) in [6, 6.07) is 18.5. The molecular weight excluding hydrogens is 484 g/mol. The van der Waals surface area contributed by atoms with E-state index in [0.717, 1.165) is 60.3 Å². The average Bonchev–Trinajstić information content (AvgIpc) is 3.57. The van der Waals surface area contributed by atoms with Crippen LogP contribution in [0.5, 0.6) is 0 Å². The number of para-hydroxylation sites is 2. The van der Waals surface area contributed by atoms with E-state index in [1.807, 2.05) is 24.3 Å². The molecule has 2 aliphatic rings. The number of rotatable bonds is 9. The van der Waals surface area contributed by atoms with E-state index in [1.54, 1.807) is 0 Å². The highest BCUT2D eigenvalue weighted by Gasteiger charge is 2.41. The van der Waals surface area contributed by atoms with Crippen LogP contribution in [0.3, 0.4) is 0 Å². The van der Waals surface area contributed by atoms with Gasteiger partial charge >= 0.3 is 0 Å². The number of amides is 1. The molecule has 2 fully saturated rings. The lowest BCUT2D eigenvalue weighted by Crippen LogP contribution is -2.64. The highest BCUT2D eigenvalue weighted by Crippen LogP contribution is 2.32. The van der Waals surface area contributed by atoms with Crippen molar-refractivity contribution in [1.82, 2.24) is 20.5 Å². The van der Waals surface area contributed by atoms with E-state index in [1.165, 1.54) is 43.9 Å². The zero-order chi connectivity index (χ0) is 26.7. The van der Waals surface area contributed by atoms with Crippen LogP contribution in [0.15, 0.2) is 65.2 Å². The first-order valence-electron chi connectivity index (χ1n) is 14.8. The Morgan fingerprint density at radius 3 is 2.56 bits per heavy atom. The number of carbonyl (C=O) groups excluding carboxylic acids is 1. The van der Waals surface area contributed by atoms with Crippen LogP contribution in [-0.4, -0.2) is 46.5 Å². The Labute approximate surface area is 231 Å². The van der Waals surface area contributed by atoms with Crippen LogP contribution in [-0.2, 0) is 17.8 Å². The topological polar surface area (TPSA) is 73.3 Å². The number of benzene rings is 2. The molecule has 4 aromatic rings. The van der Waals surface area contributed by atoms with Crippen molar-refractivity contribution >= 4 is 27.8 Å². The van der Waals surface area contributed by atoms with Crippen LogP contribution in [0, 0.1) is 0 Å². The third-order valence-corrected chi connectivity index (χ3v) is 9.01. The Morgan fingerprint density at radius 2 is 1.74 bits per heavy atom. The van der Waals surface area contributed by atoms with Gasteiger partial charge in [-0.3, -0.25) is 10.1 Å². The zero-order valence-electron chi connectivity index (χ0n) is 23.2. The van der Waals surface area contributed by atoms with Gasteiger partial charge in [-0.15, -0.1) is 0 Å². The molecule has 0 bridgehead atoms. The first-order chi connectivity index (χ1) is 19.0. The summed E-state index contributed by atoms with van der Waals surface area (Å²) >= 11 is 0. The summed E-state index contributed by atoms with van der Waals surface area (Å²) < 4.78 is 6.11. The second kappa shape index (κ2) is 11.2. The highest BCUT2D eigenvalue weighted by molar-refractivity contribution is 5.89. The molecule has 3 heterocycles. The van der Waals surface area contributed by atoms with Crippen molar-refractivity contribution < 1.29 is 9.21 Å². The number of hydrogen-bond donors (Lipinski definition) is 3. The number of fused-ring (bicyclic) bond motifs is 2. The van der Waals surface area contributed by atoms with Gasteiger partial charge in [0, 0.05) is 35.5 Å². The molecule has 1 saturated heterocycles. The number of H-pyrrole nitrogens is 1. The SMILES string of the molecule is CC(Cc1c[nH]c2ccccc12)(NCc1cc2ccccc2o1)C(=O)NC1(CN2CCCCC2)CCCCC1. The number of piperidine rings is 1. The van der Waals surface area contributed by atoms with E-state index in [4.69, 9.17) is 4.42 Å². The Bertz CT molecular complexity index is 1380. The minimum Gasteiger partial charge on any atom is -0.460 e. The molecule has 6 heteroatoms. The molecule has 1 aliphatic carbocycles. The van der Waals surface area contributed by atoms with Gasteiger partial charge in [0.1, 0.15) is 11.3 Å². The second-order valence-corrected chi connectivity index (χ2v) is 12.1. The normalized spacial score (nSPS) is 19.7. The highest BCUT2D eigenvalue weighted by atomic mass is 16.3. The summed E-state index contributed by atoms with van der Waals surface area (Å²) in [7, 11) is 0. The fourth-order valence-corrected chi connectivity index (χ4v) is 6.76. The molecule has 1 aliphatic heterocycles. The van der Waals surface area contributed by atoms with Crippen molar-refractivity contribution in [2.75, 3.05) is 19.6 Å². The molecule has 0 spiro atoms. The lowest BCUT2D eigenvalue weighted by atomic mass is 9.79. The van der Waals surface area contributed by atoms with Gasteiger partial charge in [0.05, 0.1) is 17.6 Å². The molecule has 0 radical (unpaired) electrons. The first-order valence-corrected chi connectivity index (χ1v) is 14.8. The number of furan rings is 1. The van der Waals surface area contributed by atoms with Crippen molar-refractivity contribution in [1.29, 1.82) is 0 Å². The van der Waals surface area contributed by atoms with Crippen LogP contribution >= 0.6 is 0 Å². The van der Waals surface area contributed by atoms with Crippen LogP contribution in [0.4, 0.5) is 0 Å². The zero-order valence-corrected chi connectivity index (χ0v) is 23.2. The lowest BCUT2D eigenvalue weighted by Gasteiger charge is -2.45. The standard InChI is InChI=1S/C33H42N4O2/c1-32(21-26-22-34-29-14-6-5-13-28(26)29,35-23-27-20-25-12-4-7-15-30(25)39-27)31(38)36-33(16-8-2-9-17-33)24-37-18-10-3-11-19-37/h4-7,12-15,20,22,34-35H,2-3,8-11,16-19,21,23-24H2,1H3,(H,36,38). The number of likely N-dealkylation sites (tertiary alicyclic amines) is 1. The van der Waals surface area contributed by atoms with E-state index in [0.29, 0.717) is 13.0 Å². The minimum atomic E-state index is -0.809. The molecule has 1 unspecified atom stereocenters. The van der Waals surface area contributed by atoms with E-state index in [9.17, 15) is 4.79 Å². The second-order valence-electron chi connectivity index (χ2n) is 12.1. The minimum absolute atomic E-state index is 0.0859. The molecule has 1 saturated carbocycles. The fraction of sp³-hybridized carbons (Fsp3) is 0.485. The monoisotopic (exact) mass is 526 g/mol. The van der Waals surface area contributed by atoms with E-state index >= 15 is 0 Å². The van der Waals surface area contributed by atoms with Crippen molar-refractivity contribution in [3.05, 3.63) is 72.1 Å². The van der Waals surface area contributed by atoms with Gasteiger partial charge in [-0.2, -0.15) is 0 Å². The van der Waals surface area contributed by atoms with Crippen LogP contribution in [0.2, 0.25) is 0 Å². The van der Waals surface area contributed by atoms with Crippen molar-refractivity contribution in [2.24, 2.45) is 0 Å². The largest absolute Gasteiger partial charge is 0.460 e. The molecule has 6 rings (SSSR count). The van der Waals surface area contributed by atoms with E-state index in [-0.39, 0.29) is 11.4 Å². The van der Waals surface area contributed by atoms with Gasteiger partial charge in [-0.1, -0.05) is 62.1 Å². The molecule has 6 nitrogen and oxygen atoms in total. The number of hydrogen-bond acceptors (Lipinski definition) is 4. The van der Waals surface area contributed by atoms with Gasteiger partial charge in [-0.25, -0.2) is 0 Å². The molecule has 2 aromatic heterocycles. The summed E-state index contributed by atoms with van der Waals surface area (Å²) in [5.74, 6) is 0.928. The number of aromatic nitrogens is 1. The van der Waals surface area contributed by atoms with Gasteiger partial charge in [0.15, 0.2) is 0 Å². The Morgan fingerprint density at radius 1 is 1.00 bits per heavy atom. The molecule has 1 atom stereocenters. The maximum atomic E-state index is 14.4. The quantitative estimate of drug-likeness (QED) is 0.239. The molecule has 1 amide bonds. The third kappa shape index (κ3) is 5.78. The summed E-state index contributed by atoms with van der Waals surface area (Å²) in [5, 5.41) is 9.57. The van der Waals surface area contributed by atoms with Crippen LogP contribution < -0.4 is 10.6 Å². The summed E-state index contributed by atoms with van der Waals surface area (Å²) in [5.41, 5.74) is 2.15. The van der Waals surface area contributed by atoms with E-state index < -0.39 is 5.54 Å². The van der Waals surface area contributed by atoms with Gasteiger partial charge in [0.25, 0.3) is 0 Å². The maximum Gasteiger partial charge on any atom is 0.240 e. The van der Waals surface area contributed by atoms with Crippen molar-refractivity contribution in [3.8, 4) is 0 Å². The first kappa shape index (κ1) is 26.1. The molecule has 2 aromatic carbocycles. The third-order valence-electron chi connectivity index (χ3n) is 9.01. The number of nitrogens with zero attached hydrogens (tertiary/aromatic N) is 1.